The third-order valence-corrected chi connectivity index (χ3v) is 2.57. The van der Waals surface area contributed by atoms with Crippen LogP contribution in [0, 0.1) is 12.8 Å². The number of amides is 1. The second kappa shape index (κ2) is 5.61. The van der Waals surface area contributed by atoms with Gasteiger partial charge in [0.05, 0.1) is 18.3 Å². The van der Waals surface area contributed by atoms with E-state index in [0.717, 1.165) is 11.3 Å². The Labute approximate surface area is 96.3 Å². The van der Waals surface area contributed by atoms with Crippen molar-refractivity contribution in [3.05, 3.63) is 29.6 Å². The van der Waals surface area contributed by atoms with Gasteiger partial charge in [-0.15, -0.1) is 0 Å². The van der Waals surface area contributed by atoms with Gasteiger partial charge in [-0.25, -0.2) is 0 Å². The zero-order valence-electron chi connectivity index (χ0n) is 10.0. The summed E-state index contributed by atoms with van der Waals surface area (Å²) in [4.78, 5) is 15.8. The molecular formula is C12H19N3O. The molecule has 1 aromatic heterocycles. The minimum absolute atomic E-state index is 0.125. The minimum Gasteiger partial charge on any atom is -0.349 e. The first-order chi connectivity index (χ1) is 7.52. The normalized spacial score (nSPS) is 12.6. The van der Waals surface area contributed by atoms with E-state index in [2.05, 4.69) is 10.3 Å². The Bertz CT molecular complexity index is 363. The van der Waals surface area contributed by atoms with Crippen LogP contribution in [-0.2, 0) is 11.3 Å². The molecule has 1 aromatic rings. The fourth-order valence-electron chi connectivity index (χ4n) is 1.29. The molecule has 1 heterocycles. The van der Waals surface area contributed by atoms with Gasteiger partial charge in [0, 0.05) is 6.20 Å². The molecule has 0 spiro atoms. The highest BCUT2D eigenvalue weighted by Gasteiger charge is 2.16. The topological polar surface area (TPSA) is 68.0 Å². The number of hydrogen-bond acceptors (Lipinski definition) is 3. The zero-order valence-corrected chi connectivity index (χ0v) is 10.0. The van der Waals surface area contributed by atoms with Crippen LogP contribution in [0.15, 0.2) is 18.3 Å². The number of rotatable bonds is 4. The highest BCUT2D eigenvalue weighted by molar-refractivity contribution is 5.81. The first-order valence-corrected chi connectivity index (χ1v) is 5.46. The molecule has 0 saturated carbocycles. The molecule has 88 valence electrons. The van der Waals surface area contributed by atoms with Gasteiger partial charge in [-0.2, -0.15) is 0 Å². The predicted molar refractivity (Wildman–Crippen MR) is 63.6 cm³/mol. The summed E-state index contributed by atoms with van der Waals surface area (Å²) in [5.41, 5.74) is 7.68. The van der Waals surface area contributed by atoms with E-state index >= 15 is 0 Å². The van der Waals surface area contributed by atoms with Crippen molar-refractivity contribution in [2.75, 3.05) is 0 Å². The van der Waals surface area contributed by atoms with Gasteiger partial charge < -0.3 is 11.1 Å². The Kier molecular flexibility index (Phi) is 4.43. The van der Waals surface area contributed by atoms with Crippen LogP contribution < -0.4 is 11.1 Å². The van der Waals surface area contributed by atoms with Crippen LogP contribution in [0.1, 0.15) is 25.1 Å². The molecule has 0 fully saturated rings. The minimum atomic E-state index is -0.455. The van der Waals surface area contributed by atoms with E-state index in [0.29, 0.717) is 6.54 Å². The lowest BCUT2D eigenvalue weighted by atomic mass is 10.1. The van der Waals surface area contributed by atoms with E-state index < -0.39 is 6.04 Å². The Hall–Kier alpha value is -1.42. The lowest BCUT2D eigenvalue weighted by Crippen LogP contribution is -2.43. The Morgan fingerprint density at radius 3 is 2.81 bits per heavy atom. The smallest absolute Gasteiger partial charge is 0.237 e. The summed E-state index contributed by atoms with van der Waals surface area (Å²) in [5, 5.41) is 2.79. The predicted octanol–water partition coefficient (Wildman–Crippen LogP) is 0.990. The molecule has 0 aromatic carbocycles. The summed E-state index contributed by atoms with van der Waals surface area (Å²) in [7, 11) is 0. The van der Waals surface area contributed by atoms with E-state index in [4.69, 9.17) is 5.73 Å². The number of carbonyl (C=O) groups is 1. The molecule has 0 aliphatic rings. The van der Waals surface area contributed by atoms with Crippen LogP contribution in [0.5, 0.6) is 0 Å². The number of nitrogens with one attached hydrogen (secondary N) is 1. The molecule has 0 aliphatic carbocycles. The van der Waals surface area contributed by atoms with Gasteiger partial charge in [0.2, 0.25) is 5.91 Å². The fraction of sp³-hybridized carbons (Fsp3) is 0.500. The Morgan fingerprint density at radius 2 is 2.25 bits per heavy atom. The van der Waals surface area contributed by atoms with Crippen molar-refractivity contribution < 1.29 is 4.79 Å². The van der Waals surface area contributed by atoms with E-state index in [1.165, 1.54) is 0 Å². The largest absolute Gasteiger partial charge is 0.349 e. The van der Waals surface area contributed by atoms with Crippen LogP contribution in [0.4, 0.5) is 0 Å². The van der Waals surface area contributed by atoms with Crippen LogP contribution in [0.25, 0.3) is 0 Å². The maximum absolute atomic E-state index is 11.6. The van der Waals surface area contributed by atoms with Crippen molar-refractivity contribution in [1.29, 1.82) is 0 Å². The zero-order chi connectivity index (χ0) is 12.1. The van der Waals surface area contributed by atoms with Gasteiger partial charge in [-0.1, -0.05) is 19.9 Å². The van der Waals surface area contributed by atoms with Gasteiger partial charge in [0.1, 0.15) is 0 Å². The van der Waals surface area contributed by atoms with E-state index in [1.807, 2.05) is 32.9 Å². The molecule has 4 heteroatoms. The molecule has 16 heavy (non-hydrogen) atoms. The lowest BCUT2D eigenvalue weighted by Gasteiger charge is -2.15. The molecule has 0 aliphatic heterocycles. The number of carbonyl (C=O) groups excluding carboxylic acids is 1. The average Bonchev–Trinajstić information content (AvgIpc) is 2.26. The summed E-state index contributed by atoms with van der Waals surface area (Å²) in [6.45, 7) is 6.26. The number of aryl methyl sites for hydroxylation is 1. The molecular weight excluding hydrogens is 202 g/mol. The molecule has 0 saturated heterocycles. The van der Waals surface area contributed by atoms with Gasteiger partial charge >= 0.3 is 0 Å². The van der Waals surface area contributed by atoms with Crippen molar-refractivity contribution in [3.8, 4) is 0 Å². The summed E-state index contributed by atoms with van der Waals surface area (Å²) in [6, 6.07) is 3.39. The number of pyridine rings is 1. The number of hydrogen-bond donors (Lipinski definition) is 2. The fourth-order valence-corrected chi connectivity index (χ4v) is 1.29. The van der Waals surface area contributed by atoms with Crippen molar-refractivity contribution in [2.24, 2.45) is 11.7 Å². The van der Waals surface area contributed by atoms with Crippen LogP contribution in [0.3, 0.4) is 0 Å². The third kappa shape index (κ3) is 3.31. The molecule has 0 radical (unpaired) electrons. The van der Waals surface area contributed by atoms with Crippen molar-refractivity contribution >= 4 is 5.91 Å². The van der Waals surface area contributed by atoms with E-state index in [9.17, 15) is 4.79 Å². The molecule has 3 N–H and O–H groups in total. The second-order valence-corrected chi connectivity index (χ2v) is 4.25. The lowest BCUT2D eigenvalue weighted by molar-refractivity contribution is -0.123. The maximum Gasteiger partial charge on any atom is 0.237 e. The number of aromatic nitrogens is 1. The molecule has 1 rings (SSSR count). The van der Waals surface area contributed by atoms with Gasteiger partial charge in [-0.3, -0.25) is 9.78 Å². The van der Waals surface area contributed by atoms with Gasteiger partial charge in [-0.05, 0) is 24.5 Å². The second-order valence-electron chi connectivity index (χ2n) is 4.25. The van der Waals surface area contributed by atoms with E-state index in [1.54, 1.807) is 6.20 Å². The van der Waals surface area contributed by atoms with Crippen molar-refractivity contribution in [1.82, 2.24) is 10.3 Å². The standard InChI is InChI=1S/C12H19N3O/c1-8(2)11(13)12(16)15-7-10-9(3)5-4-6-14-10/h4-6,8,11H,7,13H2,1-3H3,(H,15,16). The molecule has 1 unspecified atom stereocenters. The summed E-state index contributed by atoms with van der Waals surface area (Å²) < 4.78 is 0. The number of nitrogens with two attached hydrogens (primary N) is 1. The average molecular weight is 221 g/mol. The molecule has 1 atom stereocenters. The van der Waals surface area contributed by atoms with Crippen LogP contribution >= 0.6 is 0 Å². The summed E-state index contributed by atoms with van der Waals surface area (Å²) >= 11 is 0. The number of nitrogens with zero attached hydrogens (tertiary/aromatic N) is 1. The van der Waals surface area contributed by atoms with Crippen molar-refractivity contribution in [2.45, 2.75) is 33.4 Å². The molecule has 4 nitrogen and oxygen atoms in total. The van der Waals surface area contributed by atoms with Crippen molar-refractivity contribution in [3.63, 3.8) is 0 Å². The quantitative estimate of drug-likeness (QED) is 0.796. The molecule has 1 amide bonds. The Morgan fingerprint density at radius 1 is 1.56 bits per heavy atom. The first-order valence-electron chi connectivity index (χ1n) is 5.46. The highest BCUT2D eigenvalue weighted by Crippen LogP contribution is 2.03. The van der Waals surface area contributed by atoms with Crippen LogP contribution in [-0.4, -0.2) is 16.9 Å². The SMILES string of the molecule is Cc1cccnc1CNC(=O)C(N)C(C)C. The first kappa shape index (κ1) is 12.6. The summed E-state index contributed by atoms with van der Waals surface area (Å²) in [6.07, 6.45) is 1.72. The van der Waals surface area contributed by atoms with Gasteiger partial charge in [0.25, 0.3) is 0 Å². The third-order valence-electron chi connectivity index (χ3n) is 2.57. The van der Waals surface area contributed by atoms with Gasteiger partial charge in [0.15, 0.2) is 0 Å². The van der Waals surface area contributed by atoms with E-state index in [-0.39, 0.29) is 11.8 Å². The monoisotopic (exact) mass is 221 g/mol. The maximum atomic E-state index is 11.6. The highest BCUT2D eigenvalue weighted by atomic mass is 16.2. The Balaban J connectivity index is 2.52. The van der Waals surface area contributed by atoms with Crippen LogP contribution in [0.2, 0.25) is 0 Å². The molecule has 0 bridgehead atoms. The summed E-state index contributed by atoms with van der Waals surface area (Å²) in [5.74, 6) is 0.0184.